The van der Waals surface area contributed by atoms with Crippen LogP contribution in [0.5, 0.6) is 0 Å². The number of aryl methyl sites for hydroxylation is 1. The molecule has 0 aliphatic heterocycles. The summed E-state index contributed by atoms with van der Waals surface area (Å²) in [5, 5.41) is 0. The molecule has 3 nitrogen and oxygen atoms in total. The van der Waals surface area contributed by atoms with E-state index >= 15 is 0 Å². The van der Waals surface area contributed by atoms with E-state index in [9.17, 15) is 13.0 Å². The Morgan fingerprint density at radius 2 is 1.93 bits per heavy atom. The Balaban J connectivity index is 0.00000169. The predicted octanol–water partition coefficient (Wildman–Crippen LogP) is -5.21. The van der Waals surface area contributed by atoms with Gasteiger partial charge in [-0.05, 0) is 24.6 Å². The minimum atomic E-state index is -4.29. The number of halogens is 1. The van der Waals surface area contributed by atoms with Gasteiger partial charge in [-0.2, -0.15) is 0 Å². The number of hydrogen-bond donors (Lipinski definition) is 0. The van der Waals surface area contributed by atoms with Gasteiger partial charge in [0, 0.05) is 0 Å². The van der Waals surface area contributed by atoms with Crippen molar-refractivity contribution >= 4 is 10.1 Å². The Labute approximate surface area is 137 Å². The molecule has 1 rings (SSSR count). The van der Waals surface area contributed by atoms with Crippen molar-refractivity contribution in [2.75, 3.05) is 4.93 Å². The van der Waals surface area contributed by atoms with Crippen LogP contribution in [0.25, 0.3) is 0 Å². The van der Waals surface area contributed by atoms with Crippen molar-refractivity contribution in [3.8, 4) is 0 Å². The minimum Gasteiger partial charge on any atom is -0.744 e. The fourth-order valence-corrected chi connectivity index (χ4v) is 4.15. The van der Waals surface area contributed by atoms with E-state index in [1.807, 2.05) is 11.0 Å². The Kier molecular flexibility index (Phi) is 6.96. The number of alkyl halides is 1. The molecule has 1 aromatic carbocycles. The predicted molar refractivity (Wildman–Crippen MR) is 43.8 cm³/mol. The van der Waals surface area contributed by atoms with E-state index in [2.05, 4.69) is 0 Å². The van der Waals surface area contributed by atoms with E-state index in [1.54, 1.807) is 13.0 Å². The standard InChI is InChI=1S/C8H9IO3S.K/c1-6-3-4-7(9-2)8(5-6)13(10,11)12;/h3-5H,1-2H3;/q;+1. The molecule has 0 amide bonds. The molecule has 0 aliphatic carbocycles. The van der Waals surface area contributed by atoms with Crippen molar-refractivity contribution in [1.29, 1.82) is 0 Å². The van der Waals surface area contributed by atoms with Crippen molar-refractivity contribution in [3.05, 3.63) is 27.3 Å². The summed E-state index contributed by atoms with van der Waals surface area (Å²) in [6.07, 6.45) is 0. The van der Waals surface area contributed by atoms with E-state index in [0.717, 1.165) is 5.56 Å². The van der Waals surface area contributed by atoms with Crippen LogP contribution in [-0.2, 0) is 10.1 Å². The van der Waals surface area contributed by atoms with Crippen LogP contribution in [0.3, 0.4) is 0 Å². The van der Waals surface area contributed by atoms with Gasteiger partial charge in [0.15, 0.2) is 0 Å². The van der Waals surface area contributed by atoms with E-state index in [4.69, 9.17) is 0 Å². The molecule has 0 saturated heterocycles. The molecular weight excluding hydrogens is 342 g/mol. The largest absolute Gasteiger partial charge is 1.00 e. The van der Waals surface area contributed by atoms with Gasteiger partial charge in [0.1, 0.15) is 19.9 Å². The maximum absolute atomic E-state index is 10.8. The van der Waals surface area contributed by atoms with Gasteiger partial charge in [-0.3, -0.25) is 0 Å². The normalized spacial score (nSPS) is 10.8. The summed E-state index contributed by atoms with van der Waals surface area (Å²) in [6.45, 7) is 1.77. The molecule has 0 N–H and O–H groups in total. The first-order valence-electron chi connectivity index (χ1n) is 3.51. The van der Waals surface area contributed by atoms with Gasteiger partial charge in [-0.25, -0.2) is 8.42 Å². The van der Waals surface area contributed by atoms with Crippen molar-refractivity contribution in [3.63, 3.8) is 0 Å². The van der Waals surface area contributed by atoms with Crippen LogP contribution in [0.2, 0.25) is 0 Å². The number of hydrogen-bond acceptors (Lipinski definition) is 3. The maximum Gasteiger partial charge on any atom is 1.00 e. The third kappa shape index (κ3) is 4.16. The smallest absolute Gasteiger partial charge is 0.744 e. The first kappa shape index (κ1) is 15.5. The fraction of sp³-hybridized carbons (Fsp3) is 0.250. The second kappa shape index (κ2) is 6.29. The molecule has 0 saturated carbocycles. The van der Waals surface area contributed by atoms with Gasteiger partial charge < -0.3 is 4.55 Å². The first-order chi connectivity index (χ1) is 5.95. The first-order valence-corrected chi connectivity index (χ1v) is 8.15. The molecule has 0 radical (unpaired) electrons. The van der Waals surface area contributed by atoms with E-state index < -0.39 is 10.1 Å². The number of benzene rings is 1. The third-order valence-corrected chi connectivity index (χ3v) is 4.90. The quantitative estimate of drug-likeness (QED) is 0.232. The second-order valence-electron chi connectivity index (χ2n) is 2.58. The van der Waals surface area contributed by atoms with Gasteiger partial charge >= 0.3 is 72.6 Å². The monoisotopic (exact) mass is 351 g/mol. The van der Waals surface area contributed by atoms with Crippen LogP contribution in [-0.4, -0.2) is 17.9 Å². The summed E-state index contributed by atoms with van der Waals surface area (Å²) in [6, 6.07) is 5.00. The zero-order valence-electron chi connectivity index (χ0n) is 8.24. The maximum atomic E-state index is 10.8. The van der Waals surface area contributed by atoms with E-state index in [1.165, 1.54) is 6.07 Å². The van der Waals surface area contributed by atoms with Crippen LogP contribution >= 0.6 is 0 Å². The molecule has 6 heteroatoms. The van der Waals surface area contributed by atoms with Crippen molar-refractivity contribution in [2.24, 2.45) is 0 Å². The van der Waals surface area contributed by atoms with Gasteiger partial charge in [-0.1, -0.05) is 6.07 Å². The molecule has 72 valence electrons. The molecule has 0 fully saturated rings. The summed E-state index contributed by atoms with van der Waals surface area (Å²) < 4.78 is 33.2. The van der Waals surface area contributed by atoms with Crippen LogP contribution in [0.15, 0.2) is 23.1 Å². The molecule has 0 unspecified atom stereocenters. The SMILES string of the molecule is C[I+]c1ccc(C)cc1S(=O)(=O)[O-].[K+]. The molecule has 0 heterocycles. The zero-order chi connectivity index (χ0) is 10.1. The van der Waals surface area contributed by atoms with Crippen molar-refractivity contribution in [2.45, 2.75) is 11.8 Å². The molecule has 1 aromatic rings. The second-order valence-corrected chi connectivity index (χ2v) is 6.17. The van der Waals surface area contributed by atoms with Gasteiger partial charge in [0.2, 0.25) is 3.57 Å². The van der Waals surface area contributed by atoms with Gasteiger partial charge in [0.25, 0.3) is 0 Å². The molecule has 0 aromatic heterocycles. The van der Waals surface area contributed by atoms with Crippen molar-refractivity contribution < 1.29 is 85.6 Å². The molecule has 0 aliphatic rings. The Hall–Kier alpha value is 1.50. The van der Waals surface area contributed by atoms with Crippen LogP contribution < -0.4 is 72.6 Å². The molecule has 0 atom stereocenters. The van der Waals surface area contributed by atoms with Gasteiger partial charge in [0.05, 0.1) is 0 Å². The van der Waals surface area contributed by atoms with Crippen LogP contribution in [0.1, 0.15) is 5.56 Å². The number of rotatable bonds is 2. The van der Waals surface area contributed by atoms with Crippen LogP contribution in [0, 0.1) is 10.5 Å². The molecule has 0 bridgehead atoms. The molecule has 0 spiro atoms. The minimum absolute atomic E-state index is 0. The fourth-order valence-electron chi connectivity index (χ4n) is 0.958. The molecule has 14 heavy (non-hydrogen) atoms. The summed E-state index contributed by atoms with van der Waals surface area (Å²) >= 11 is -0.370. The Bertz CT molecular complexity index is 417. The zero-order valence-corrected chi connectivity index (χ0v) is 14.3. The summed E-state index contributed by atoms with van der Waals surface area (Å²) in [4.78, 5) is 1.89. The summed E-state index contributed by atoms with van der Waals surface area (Å²) in [7, 11) is -4.29. The third-order valence-electron chi connectivity index (χ3n) is 1.56. The summed E-state index contributed by atoms with van der Waals surface area (Å²) in [5.74, 6) is 0. The average molecular weight is 351 g/mol. The van der Waals surface area contributed by atoms with E-state index in [0.29, 0.717) is 3.57 Å². The topological polar surface area (TPSA) is 57.2 Å². The Morgan fingerprint density at radius 3 is 2.36 bits per heavy atom. The van der Waals surface area contributed by atoms with E-state index in [-0.39, 0.29) is 77.5 Å². The average Bonchev–Trinajstić information content (AvgIpc) is 2.03. The van der Waals surface area contributed by atoms with Crippen molar-refractivity contribution in [1.82, 2.24) is 0 Å². The van der Waals surface area contributed by atoms with Crippen LogP contribution in [0.4, 0.5) is 0 Å². The molecular formula is C8H9IKO3S+. The summed E-state index contributed by atoms with van der Waals surface area (Å²) in [5.41, 5.74) is 0.802. The van der Waals surface area contributed by atoms with Gasteiger partial charge in [-0.15, -0.1) is 0 Å². The Morgan fingerprint density at radius 1 is 1.36 bits per heavy atom.